The predicted molar refractivity (Wildman–Crippen MR) is 114 cm³/mol. The van der Waals surface area contributed by atoms with Crippen molar-refractivity contribution in [3.8, 4) is 11.5 Å². The third-order valence-electron chi connectivity index (χ3n) is 5.18. The topological polar surface area (TPSA) is 45.7 Å². The summed E-state index contributed by atoms with van der Waals surface area (Å²) in [5.74, 6) is 2.09. The second-order valence-corrected chi connectivity index (χ2v) is 7.26. The summed E-state index contributed by atoms with van der Waals surface area (Å²) in [4.78, 5) is 21.2. The van der Waals surface area contributed by atoms with Gasteiger partial charge in [-0.15, -0.1) is 0 Å². The molecule has 0 radical (unpaired) electrons. The number of carbonyl (C=O) groups excluding carboxylic acids is 1. The summed E-state index contributed by atoms with van der Waals surface area (Å²) in [6.07, 6.45) is 2.91. The van der Waals surface area contributed by atoms with E-state index in [-0.39, 0.29) is 11.7 Å². The first-order valence-electron chi connectivity index (χ1n) is 10.1. The minimum Gasteiger partial charge on any atom is -0.457 e. The molecule has 1 aliphatic rings. The van der Waals surface area contributed by atoms with Gasteiger partial charge >= 0.3 is 0 Å². The van der Waals surface area contributed by atoms with Crippen molar-refractivity contribution in [2.24, 2.45) is 0 Å². The number of pyridine rings is 1. The number of piperazine rings is 1. The second kappa shape index (κ2) is 9.39. The summed E-state index contributed by atoms with van der Waals surface area (Å²) >= 11 is 0. The van der Waals surface area contributed by atoms with Crippen LogP contribution in [0.1, 0.15) is 12.0 Å². The van der Waals surface area contributed by atoms with Gasteiger partial charge in [0.05, 0.1) is 0 Å². The van der Waals surface area contributed by atoms with E-state index in [2.05, 4.69) is 9.88 Å². The van der Waals surface area contributed by atoms with Crippen molar-refractivity contribution in [3.63, 3.8) is 0 Å². The summed E-state index contributed by atoms with van der Waals surface area (Å²) in [5, 5.41) is 0. The minimum atomic E-state index is -0.296. The van der Waals surface area contributed by atoms with Crippen LogP contribution in [-0.2, 0) is 11.2 Å². The van der Waals surface area contributed by atoms with Crippen molar-refractivity contribution in [2.45, 2.75) is 12.8 Å². The molecule has 0 unspecified atom stereocenters. The highest BCUT2D eigenvalue weighted by molar-refractivity contribution is 5.76. The molecule has 0 spiro atoms. The summed E-state index contributed by atoms with van der Waals surface area (Å²) in [5.41, 5.74) is 1.04. The van der Waals surface area contributed by atoms with Crippen molar-refractivity contribution >= 4 is 11.7 Å². The first-order valence-corrected chi connectivity index (χ1v) is 10.1. The Kier molecular flexibility index (Phi) is 6.23. The standard InChI is InChI=1S/C24H24FN3O2/c25-20-8-10-21(11-9-20)30-22-5-3-4-19(18-22)7-12-24(29)28-16-14-27(15-17-28)23-6-1-2-13-26-23/h1-6,8-11,13,18H,7,12,14-17H2. The number of hydrogen-bond donors (Lipinski definition) is 0. The number of anilines is 1. The van der Waals surface area contributed by atoms with Gasteiger partial charge in [0.25, 0.3) is 0 Å². The molecular weight excluding hydrogens is 381 g/mol. The van der Waals surface area contributed by atoms with Gasteiger partial charge in [0.2, 0.25) is 5.91 Å². The fourth-order valence-electron chi connectivity index (χ4n) is 3.54. The third kappa shape index (κ3) is 5.14. The molecule has 0 atom stereocenters. The van der Waals surface area contributed by atoms with Crippen LogP contribution in [0.4, 0.5) is 10.2 Å². The Hall–Kier alpha value is -3.41. The first kappa shape index (κ1) is 19.9. The number of aryl methyl sites for hydroxylation is 1. The summed E-state index contributed by atoms with van der Waals surface area (Å²) in [6, 6.07) is 19.5. The summed E-state index contributed by atoms with van der Waals surface area (Å²) in [7, 11) is 0. The summed E-state index contributed by atoms with van der Waals surface area (Å²) in [6.45, 7) is 3.01. The van der Waals surface area contributed by atoms with Crippen LogP contribution < -0.4 is 9.64 Å². The molecule has 6 heteroatoms. The van der Waals surface area contributed by atoms with Gasteiger partial charge in [0.1, 0.15) is 23.1 Å². The van der Waals surface area contributed by atoms with Crippen LogP contribution in [0.5, 0.6) is 11.5 Å². The molecule has 0 saturated carbocycles. The molecule has 2 heterocycles. The number of aromatic nitrogens is 1. The zero-order valence-electron chi connectivity index (χ0n) is 16.7. The van der Waals surface area contributed by atoms with Crippen molar-refractivity contribution in [3.05, 3.63) is 84.3 Å². The van der Waals surface area contributed by atoms with Crippen LogP contribution in [0.15, 0.2) is 72.9 Å². The maximum Gasteiger partial charge on any atom is 0.223 e. The lowest BCUT2D eigenvalue weighted by Crippen LogP contribution is -2.49. The van der Waals surface area contributed by atoms with Gasteiger partial charge in [0.15, 0.2) is 0 Å². The lowest BCUT2D eigenvalue weighted by Gasteiger charge is -2.35. The molecule has 0 bridgehead atoms. The maximum absolute atomic E-state index is 13.0. The van der Waals surface area contributed by atoms with Crippen molar-refractivity contribution in [2.75, 3.05) is 31.1 Å². The van der Waals surface area contributed by atoms with Gasteiger partial charge in [-0.05, 0) is 60.5 Å². The van der Waals surface area contributed by atoms with Gasteiger partial charge in [-0.3, -0.25) is 4.79 Å². The lowest BCUT2D eigenvalue weighted by atomic mass is 10.1. The molecule has 1 saturated heterocycles. The molecule has 0 aliphatic carbocycles. The minimum absolute atomic E-state index is 0.167. The number of carbonyl (C=O) groups is 1. The van der Waals surface area contributed by atoms with Crippen LogP contribution in [0, 0.1) is 5.82 Å². The number of amides is 1. The Morgan fingerprint density at radius 2 is 1.73 bits per heavy atom. The van der Waals surface area contributed by atoms with Gasteiger partial charge in [0, 0.05) is 38.8 Å². The smallest absolute Gasteiger partial charge is 0.223 e. The van der Waals surface area contributed by atoms with E-state index in [0.29, 0.717) is 37.4 Å². The van der Waals surface area contributed by atoms with Crippen molar-refractivity contribution in [1.29, 1.82) is 0 Å². The second-order valence-electron chi connectivity index (χ2n) is 7.26. The first-order chi connectivity index (χ1) is 14.7. The number of hydrogen-bond acceptors (Lipinski definition) is 4. The Balaban J connectivity index is 1.27. The predicted octanol–water partition coefficient (Wildman–Crippen LogP) is 4.29. The van der Waals surface area contributed by atoms with Crippen LogP contribution in [0.3, 0.4) is 0 Å². The van der Waals surface area contributed by atoms with E-state index in [0.717, 1.165) is 24.5 Å². The fraction of sp³-hybridized carbons (Fsp3) is 0.250. The Morgan fingerprint density at radius 1 is 0.933 bits per heavy atom. The molecule has 4 rings (SSSR count). The molecule has 30 heavy (non-hydrogen) atoms. The number of rotatable bonds is 6. The number of nitrogens with zero attached hydrogens (tertiary/aromatic N) is 3. The molecule has 1 aliphatic heterocycles. The van der Waals surface area contributed by atoms with Gasteiger partial charge in [-0.1, -0.05) is 18.2 Å². The Bertz CT molecular complexity index is 971. The van der Waals surface area contributed by atoms with Crippen LogP contribution >= 0.6 is 0 Å². The summed E-state index contributed by atoms with van der Waals surface area (Å²) < 4.78 is 18.8. The number of halogens is 1. The molecule has 5 nitrogen and oxygen atoms in total. The molecular formula is C24H24FN3O2. The Labute approximate surface area is 175 Å². The highest BCUT2D eigenvalue weighted by Gasteiger charge is 2.21. The quantitative estimate of drug-likeness (QED) is 0.614. The van der Waals surface area contributed by atoms with E-state index >= 15 is 0 Å². The van der Waals surface area contributed by atoms with E-state index in [1.54, 1.807) is 18.3 Å². The van der Waals surface area contributed by atoms with Gasteiger partial charge in [-0.25, -0.2) is 9.37 Å². The third-order valence-corrected chi connectivity index (χ3v) is 5.18. The van der Waals surface area contributed by atoms with Crippen LogP contribution in [0.25, 0.3) is 0 Å². The van der Waals surface area contributed by atoms with E-state index in [1.807, 2.05) is 47.4 Å². The van der Waals surface area contributed by atoms with Gasteiger partial charge < -0.3 is 14.5 Å². The van der Waals surface area contributed by atoms with E-state index in [4.69, 9.17) is 4.74 Å². The highest BCUT2D eigenvalue weighted by Crippen LogP contribution is 2.23. The monoisotopic (exact) mass is 405 g/mol. The number of benzene rings is 2. The van der Waals surface area contributed by atoms with Crippen molar-refractivity contribution < 1.29 is 13.9 Å². The molecule has 1 amide bonds. The van der Waals surface area contributed by atoms with Crippen molar-refractivity contribution in [1.82, 2.24) is 9.88 Å². The van der Waals surface area contributed by atoms with Crippen LogP contribution in [-0.4, -0.2) is 42.0 Å². The molecule has 2 aromatic carbocycles. The lowest BCUT2D eigenvalue weighted by molar-refractivity contribution is -0.131. The van der Waals surface area contributed by atoms with E-state index in [9.17, 15) is 9.18 Å². The average molecular weight is 405 g/mol. The van der Waals surface area contributed by atoms with E-state index < -0.39 is 0 Å². The Morgan fingerprint density at radius 3 is 2.47 bits per heavy atom. The maximum atomic E-state index is 13.0. The normalized spacial score (nSPS) is 13.9. The van der Waals surface area contributed by atoms with E-state index in [1.165, 1.54) is 12.1 Å². The molecule has 1 aromatic heterocycles. The molecule has 0 N–H and O–H groups in total. The molecule has 1 fully saturated rings. The largest absolute Gasteiger partial charge is 0.457 e. The molecule has 3 aromatic rings. The van der Waals surface area contributed by atoms with Gasteiger partial charge in [-0.2, -0.15) is 0 Å². The van der Waals surface area contributed by atoms with Crippen LogP contribution in [0.2, 0.25) is 0 Å². The molecule has 154 valence electrons. The SMILES string of the molecule is O=C(CCc1cccc(Oc2ccc(F)cc2)c1)N1CCN(c2ccccn2)CC1. The zero-order chi connectivity index (χ0) is 20.8. The zero-order valence-corrected chi connectivity index (χ0v) is 16.7. The number of ether oxygens (including phenoxy) is 1. The average Bonchev–Trinajstić information content (AvgIpc) is 2.80. The highest BCUT2D eigenvalue weighted by atomic mass is 19.1. The fourth-order valence-corrected chi connectivity index (χ4v) is 3.54.